The van der Waals surface area contributed by atoms with Crippen LogP contribution in [0.3, 0.4) is 0 Å². The van der Waals surface area contributed by atoms with Crippen molar-refractivity contribution < 1.29 is 14.6 Å². The summed E-state index contributed by atoms with van der Waals surface area (Å²) in [6.07, 6.45) is 0.562. The maximum Gasteiger partial charge on any atom is 0.313 e. The Kier molecular flexibility index (Phi) is 3.40. The first-order valence-corrected chi connectivity index (χ1v) is 5.98. The summed E-state index contributed by atoms with van der Waals surface area (Å²) in [5.74, 6) is -0.523. The highest BCUT2D eigenvalue weighted by atomic mass is 35.5. The minimum atomic E-state index is -0.938. The number of benzene rings is 1. The molecule has 17 heavy (non-hydrogen) atoms. The molecule has 1 aliphatic rings. The van der Waals surface area contributed by atoms with Crippen LogP contribution in [0.5, 0.6) is 0 Å². The summed E-state index contributed by atoms with van der Waals surface area (Å²) in [6, 6.07) is 7.14. The standard InChI is InChI=1S/C13H15ClO3/c1-13(12(15)16,6-9-7-17-8-9)10-4-2-3-5-11(10)14/h2-5,9H,6-8H2,1H3,(H,15,16). The lowest BCUT2D eigenvalue weighted by molar-refractivity contribution is -0.145. The van der Waals surface area contributed by atoms with Crippen LogP contribution in [0.4, 0.5) is 0 Å². The van der Waals surface area contributed by atoms with Gasteiger partial charge in [0.05, 0.1) is 18.6 Å². The van der Waals surface area contributed by atoms with E-state index in [2.05, 4.69) is 0 Å². The monoisotopic (exact) mass is 254 g/mol. The number of halogens is 1. The average Bonchev–Trinajstić information content (AvgIpc) is 2.23. The zero-order valence-corrected chi connectivity index (χ0v) is 10.4. The van der Waals surface area contributed by atoms with Crippen molar-refractivity contribution in [3.63, 3.8) is 0 Å². The van der Waals surface area contributed by atoms with Crippen molar-refractivity contribution in [3.05, 3.63) is 34.9 Å². The lowest BCUT2D eigenvalue weighted by Gasteiger charge is -2.34. The molecule has 2 rings (SSSR count). The maximum absolute atomic E-state index is 11.5. The van der Waals surface area contributed by atoms with Gasteiger partial charge in [-0.2, -0.15) is 0 Å². The molecule has 0 aromatic heterocycles. The fraction of sp³-hybridized carbons (Fsp3) is 0.462. The largest absolute Gasteiger partial charge is 0.481 e. The predicted octanol–water partition coefficient (Wildman–Crippen LogP) is 2.72. The van der Waals surface area contributed by atoms with Gasteiger partial charge in [-0.15, -0.1) is 0 Å². The van der Waals surface area contributed by atoms with Crippen molar-refractivity contribution in [2.24, 2.45) is 5.92 Å². The third-order valence-electron chi connectivity index (χ3n) is 3.34. The van der Waals surface area contributed by atoms with Gasteiger partial charge < -0.3 is 9.84 Å². The Morgan fingerprint density at radius 2 is 2.18 bits per heavy atom. The van der Waals surface area contributed by atoms with Gasteiger partial charge in [-0.25, -0.2) is 0 Å². The minimum Gasteiger partial charge on any atom is -0.481 e. The molecule has 92 valence electrons. The first kappa shape index (κ1) is 12.4. The van der Waals surface area contributed by atoms with Gasteiger partial charge in [-0.05, 0) is 25.0 Å². The molecule has 1 aromatic rings. The summed E-state index contributed by atoms with van der Waals surface area (Å²) >= 11 is 6.10. The first-order valence-electron chi connectivity index (χ1n) is 5.60. The van der Waals surface area contributed by atoms with E-state index in [0.717, 1.165) is 0 Å². The lowest BCUT2D eigenvalue weighted by Crippen LogP contribution is -2.40. The number of carboxylic acid groups (broad SMARTS) is 1. The van der Waals surface area contributed by atoms with Gasteiger partial charge in [0.1, 0.15) is 0 Å². The van der Waals surface area contributed by atoms with Crippen LogP contribution in [0, 0.1) is 5.92 Å². The Morgan fingerprint density at radius 3 is 2.65 bits per heavy atom. The van der Waals surface area contributed by atoms with Crippen LogP contribution >= 0.6 is 11.6 Å². The highest BCUT2D eigenvalue weighted by Crippen LogP contribution is 2.37. The normalized spacial score (nSPS) is 19.4. The molecule has 1 fully saturated rings. The molecule has 1 unspecified atom stereocenters. The molecule has 1 atom stereocenters. The van der Waals surface area contributed by atoms with Gasteiger partial charge in [-0.3, -0.25) is 4.79 Å². The second kappa shape index (κ2) is 4.67. The zero-order chi connectivity index (χ0) is 12.5. The lowest BCUT2D eigenvalue weighted by atomic mass is 9.75. The summed E-state index contributed by atoms with van der Waals surface area (Å²) in [5, 5.41) is 9.99. The number of carbonyl (C=O) groups is 1. The van der Waals surface area contributed by atoms with E-state index in [0.29, 0.717) is 36.1 Å². The molecule has 0 radical (unpaired) electrons. The number of aliphatic carboxylic acids is 1. The van der Waals surface area contributed by atoms with E-state index in [4.69, 9.17) is 16.3 Å². The molecule has 1 heterocycles. The maximum atomic E-state index is 11.5. The summed E-state index contributed by atoms with van der Waals surface area (Å²) < 4.78 is 5.10. The van der Waals surface area contributed by atoms with Crippen molar-refractivity contribution in [1.82, 2.24) is 0 Å². The zero-order valence-electron chi connectivity index (χ0n) is 9.65. The van der Waals surface area contributed by atoms with Gasteiger partial charge >= 0.3 is 5.97 Å². The SMILES string of the molecule is CC(CC1COC1)(C(=O)O)c1ccccc1Cl. The predicted molar refractivity (Wildman–Crippen MR) is 65.4 cm³/mol. The van der Waals surface area contributed by atoms with Crippen LogP contribution in [-0.4, -0.2) is 24.3 Å². The number of hydrogen-bond donors (Lipinski definition) is 1. The van der Waals surface area contributed by atoms with Crippen LogP contribution in [0.1, 0.15) is 18.9 Å². The number of rotatable bonds is 4. The Hall–Kier alpha value is -1.06. The van der Waals surface area contributed by atoms with E-state index < -0.39 is 11.4 Å². The van der Waals surface area contributed by atoms with Crippen LogP contribution in [0.15, 0.2) is 24.3 Å². The molecule has 0 saturated carbocycles. The van der Waals surface area contributed by atoms with E-state index >= 15 is 0 Å². The van der Waals surface area contributed by atoms with E-state index in [-0.39, 0.29) is 0 Å². The highest BCUT2D eigenvalue weighted by molar-refractivity contribution is 6.31. The molecule has 1 saturated heterocycles. The molecular formula is C13H15ClO3. The quantitative estimate of drug-likeness (QED) is 0.899. The molecular weight excluding hydrogens is 240 g/mol. The molecule has 0 aliphatic carbocycles. The Bertz CT molecular complexity index is 428. The van der Waals surface area contributed by atoms with Crippen molar-refractivity contribution in [2.75, 3.05) is 13.2 Å². The molecule has 0 spiro atoms. The number of ether oxygens (including phenoxy) is 1. The summed E-state index contributed by atoms with van der Waals surface area (Å²) in [7, 11) is 0. The third kappa shape index (κ3) is 2.31. The van der Waals surface area contributed by atoms with Crippen LogP contribution in [0.25, 0.3) is 0 Å². The van der Waals surface area contributed by atoms with E-state index in [1.54, 1.807) is 25.1 Å². The molecule has 0 bridgehead atoms. The second-order valence-corrected chi connectivity index (χ2v) is 5.13. The molecule has 1 N–H and O–H groups in total. The highest BCUT2D eigenvalue weighted by Gasteiger charge is 2.40. The van der Waals surface area contributed by atoms with Crippen LogP contribution in [-0.2, 0) is 14.9 Å². The molecule has 1 aliphatic heterocycles. The molecule has 0 amide bonds. The van der Waals surface area contributed by atoms with Crippen LogP contribution in [0.2, 0.25) is 5.02 Å². The second-order valence-electron chi connectivity index (χ2n) is 4.72. The summed E-state index contributed by atoms with van der Waals surface area (Å²) in [5.41, 5.74) is -0.256. The molecule has 1 aromatic carbocycles. The molecule has 4 heteroatoms. The Balaban J connectivity index is 2.33. The first-order chi connectivity index (χ1) is 8.04. The van der Waals surface area contributed by atoms with E-state index in [9.17, 15) is 9.90 Å². The van der Waals surface area contributed by atoms with Crippen molar-refractivity contribution in [2.45, 2.75) is 18.8 Å². The topological polar surface area (TPSA) is 46.5 Å². The van der Waals surface area contributed by atoms with Gasteiger partial charge in [0.15, 0.2) is 0 Å². The Morgan fingerprint density at radius 1 is 1.53 bits per heavy atom. The third-order valence-corrected chi connectivity index (χ3v) is 3.67. The van der Waals surface area contributed by atoms with Gasteiger partial charge in [0.25, 0.3) is 0 Å². The number of hydrogen-bond acceptors (Lipinski definition) is 2. The molecule has 3 nitrogen and oxygen atoms in total. The average molecular weight is 255 g/mol. The number of carboxylic acids is 1. The smallest absolute Gasteiger partial charge is 0.313 e. The van der Waals surface area contributed by atoms with Gasteiger partial charge in [0.2, 0.25) is 0 Å². The van der Waals surface area contributed by atoms with Gasteiger partial charge in [-0.1, -0.05) is 29.8 Å². The summed E-state index contributed by atoms with van der Waals surface area (Å²) in [6.45, 7) is 3.02. The van der Waals surface area contributed by atoms with Crippen LogP contribution < -0.4 is 0 Å². The van der Waals surface area contributed by atoms with Crippen molar-refractivity contribution in [3.8, 4) is 0 Å². The fourth-order valence-electron chi connectivity index (χ4n) is 2.20. The van der Waals surface area contributed by atoms with Crippen molar-refractivity contribution >= 4 is 17.6 Å². The van der Waals surface area contributed by atoms with Crippen molar-refractivity contribution in [1.29, 1.82) is 0 Å². The summed E-state index contributed by atoms with van der Waals surface area (Å²) in [4.78, 5) is 11.5. The van der Waals surface area contributed by atoms with E-state index in [1.807, 2.05) is 6.07 Å². The minimum absolute atomic E-state index is 0.312. The van der Waals surface area contributed by atoms with Gasteiger partial charge in [0, 0.05) is 10.9 Å². The van der Waals surface area contributed by atoms with E-state index in [1.165, 1.54) is 0 Å². The fourth-order valence-corrected chi connectivity index (χ4v) is 2.55. The Labute approximate surface area is 105 Å².